The van der Waals surface area contributed by atoms with Crippen molar-refractivity contribution in [3.8, 4) is 0 Å². The van der Waals surface area contributed by atoms with Gasteiger partial charge in [0, 0.05) is 12.6 Å². The summed E-state index contributed by atoms with van der Waals surface area (Å²) < 4.78 is 5.06. The minimum Gasteiger partial charge on any atom is -0.466 e. The van der Waals surface area contributed by atoms with Crippen LogP contribution < -0.4 is 0 Å². The number of hydrogen-bond donors (Lipinski definition) is 1. The zero-order chi connectivity index (χ0) is 15.1. The molecule has 0 aliphatic carbocycles. The van der Waals surface area contributed by atoms with Crippen molar-refractivity contribution in [3.63, 3.8) is 0 Å². The molecule has 0 saturated heterocycles. The molecule has 21 heavy (non-hydrogen) atoms. The van der Waals surface area contributed by atoms with Crippen molar-refractivity contribution in [2.45, 2.75) is 31.8 Å². The Morgan fingerprint density at radius 2 is 2.14 bits per heavy atom. The van der Waals surface area contributed by atoms with Crippen molar-refractivity contribution in [3.05, 3.63) is 48.0 Å². The van der Waals surface area contributed by atoms with Crippen molar-refractivity contribution in [2.24, 2.45) is 0 Å². The summed E-state index contributed by atoms with van der Waals surface area (Å²) in [4.78, 5) is 14.0. The average Bonchev–Trinajstić information content (AvgIpc) is 2.51. The summed E-state index contributed by atoms with van der Waals surface area (Å²) in [5, 5.41) is 9.81. The number of aliphatic hydroxyl groups is 1. The molecular weight excluding hydrogens is 266 g/mol. The number of benzene rings is 1. The van der Waals surface area contributed by atoms with E-state index < -0.39 is 0 Å². The Hall–Kier alpha value is -1.65. The third-order valence-corrected chi connectivity index (χ3v) is 3.83. The molecule has 0 aromatic heterocycles. The van der Waals surface area contributed by atoms with Crippen LogP contribution in [-0.4, -0.2) is 41.8 Å². The van der Waals surface area contributed by atoms with Gasteiger partial charge >= 0.3 is 5.97 Å². The lowest BCUT2D eigenvalue weighted by Crippen LogP contribution is -2.43. The maximum atomic E-state index is 11.8. The van der Waals surface area contributed by atoms with Crippen LogP contribution in [0.1, 0.15) is 31.4 Å². The summed E-state index contributed by atoms with van der Waals surface area (Å²) >= 11 is 0. The van der Waals surface area contributed by atoms with Gasteiger partial charge in [-0.15, -0.1) is 0 Å². The van der Waals surface area contributed by atoms with Gasteiger partial charge in [0.2, 0.25) is 0 Å². The molecule has 114 valence electrons. The molecular formula is C17H23NO3. The molecule has 1 heterocycles. The van der Waals surface area contributed by atoms with Crippen molar-refractivity contribution < 1.29 is 14.6 Å². The second kappa shape index (κ2) is 7.96. The van der Waals surface area contributed by atoms with Gasteiger partial charge in [0.05, 0.1) is 25.7 Å². The lowest BCUT2D eigenvalue weighted by atomic mass is 9.98. The second-order valence-corrected chi connectivity index (χ2v) is 5.18. The molecule has 0 spiro atoms. The summed E-state index contributed by atoms with van der Waals surface area (Å²) in [7, 11) is 0. The highest BCUT2D eigenvalue weighted by atomic mass is 16.5. The number of rotatable bonds is 6. The molecule has 2 rings (SSSR count). The average molecular weight is 289 g/mol. The molecule has 0 amide bonds. The third kappa shape index (κ3) is 4.16. The van der Waals surface area contributed by atoms with Crippen molar-refractivity contribution in [1.82, 2.24) is 4.90 Å². The van der Waals surface area contributed by atoms with Gasteiger partial charge in [0.1, 0.15) is 0 Å². The maximum Gasteiger partial charge on any atom is 0.307 e. The summed E-state index contributed by atoms with van der Waals surface area (Å²) in [6.45, 7) is 3.00. The molecule has 1 aromatic rings. The van der Waals surface area contributed by atoms with E-state index in [1.165, 1.54) is 0 Å². The number of ether oxygens (including phenoxy) is 1. The fraction of sp³-hybridized carbons (Fsp3) is 0.471. The van der Waals surface area contributed by atoms with E-state index in [0.717, 1.165) is 18.5 Å². The summed E-state index contributed by atoms with van der Waals surface area (Å²) in [5.74, 6) is -0.174. The first-order valence-electron chi connectivity index (χ1n) is 7.48. The Morgan fingerprint density at radius 1 is 1.38 bits per heavy atom. The monoisotopic (exact) mass is 289 g/mol. The predicted octanol–water partition coefficient (Wildman–Crippen LogP) is 2.30. The van der Waals surface area contributed by atoms with Gasteiger partial charge in [-0.2, -0.15) is 0 Å². The standard InChI is InChI=1S/C17H23NO3/c1-2-21-17(20)12-15-10-6-7-11-18(15)16(13-19)14-8-4-3-5-9-14/h3-9,15-16,19H,2,10-13H2,1H3. The van der Waals surface area contributed by atoms with E-state index in [2.05, 4.69) is 17.1 Å². The normalized spacial score (nSPS) is 20.2. The molecule has 1 aliphatic heterocycles. The number of nitrogens with zero attached hydrogens (tertiary/aromatic N) is 1. The van der Waals surface area contributed by atoms with Crippen LogP contribution in [0.2, 0.25) is 0 Å². The lowest BCUT2D eigenvalue weighted by Gasteiger charge is -2.38. The number of hydrogen-bond acceptors (Lipinski definition) is 4. The van der Waals surface area contributed by atoms with Crippen LogP contribution in [0.4, 0.5) is 0 Å². The zero-order valence-corrected chi connectivity index (χ0v) is 12.4. The minimum absolute atomic E-state index is 0.0389. The van der Waals surface area contributed by atoms with Gasteiger partial charge in [-0.05, 0) is 18.9 Å². The molecule has 1 N–H and O–H groups in total. The molecule has 2 atom stereocenters. The lowest BCUT2D eigenvalue weighted by molar-refractivity contribution is -0.144. The topological polar surface area (TPSA) is 49.8 Å². The number of aliphatic hydroxyl groups excluding tert-OH is 1. The molecule has 0 fully saturated rings. The quantitative estimate of drug-likeness (QED) is 0.645. The third-order valence-electron chi connectivity index (χ3n) is 3.83. The van der Waals surface area contributed by atoms with Gasteiger partial charge in [-0.25, -0.2) is 0 Å². The first-order chi connectivity index (χ1) is 10.3. The predicted molar refractivity (Wildman–Crippen MR) is 81.8 cm³/mol. The largest absolute Gasteiger partial charge is 0.466 e. The fourth-order valence-corrected chi connectivity index (χ4v) is 2.81. The van der Waals surface area contributed by atoms with Crippen LogP contribution in [0.3, 0.4) is 0 Å². The molecule has 0 bridgehead atoms. The number of esters is 1. The molecule has 2 unspecified atom stereocenters. The van der Waals surface area contributed by atoms with E-state index in [1.807, 2.05) is 37.3 Å². The van der Waals surface area contributed by atoms with Gasteiger partial charge in [-0.3, -0.25) is 9.69 Å². The van der Waals surface area contributed by atoms with E-state index >= 15 is 0 Å². The Morgan fingerprint density at radius 3 is 2.81 bits per heavy atom. The fourth-order valence-electron chi connectivity index (χ4n) is 2.81. The SMILES string of the molecule is CCOC(=O)CC1CC=CCN1C(CO)c1ccccc1. The van der Waals surface area contributed by atoms with Gasteiger partial charge < -0.3 is 9.84 Å². The summed E-state index contributed by atoms with van der Waals surface area (Å²) in [6.07, 6.45) is 5.36. The number of carbonyl (C=O) groups is 1. The Kier molecular flexibility index (Phi) is 5.96. The second-order valence-electron chi connectivity index (χ2n) is 5.18. The molecule has 4 nitrogen and oxygen atoms in total. The van der Waals surface area contributed by atoms with E-state index in [1.54, 1.807) is 0 Å². The highest BCUT2D eigenvalue weighted by Gasteiger charge is 2.29. The Bertz CT molecular complexity index is 472. The van der Waals surface area contributed by atoms with Crippen molar-refractivity contribution in [1.29, 1.82) is 0 Å². The van der Waals surface area contributed by atoms with Crippen LogP contribution in [0.25, 0.3) is 0 Å². The minimum atomic E-state index is -0.174. The van der Waals surface area contributed by atoms with Crippen molar-refractivity contribution in [2.75, 3.05) is 19.8 Å². The highest BCUT2D eigenvalue weighted by Crippen LogP contribution is 2.27. The van der Waals surface area contributed by atoms with E-state index in [-0.39, 0.29) is 24.7 Å². The van der Waals surface area contributed by atoms with E-state index in [4.69, 9.17) is 4.74 Å². The van der Waals surface area contributed by atoms with E-state index in [9.17, 15) is 9.90 Å². The van der Waals surface area contributed by atoms with Crippen LogP contribution in [0.15, 0.2) is 42.5 Å². The molecule has 1 aliphatic rings. The smallest absolute Gasteiger partial charge is 0.307 e. The van der Waals surface area contributed by atoms with Crippen LogP contribution in [-0.2, 0) is 9.53 Å². The molecule has 4 heteroatoms. The van der Waals surface area contributed by atoms with Gasteiger partial charge in [-0.1, -0.05) is 42.5 Å². The van der Waals surface area contributed by atoms with Gasteiger partial charge in [0.25, 0.3) is 0 Å². The zero-order valence-electron chi connectivity index (χ0n) is 12.4. The maximum absolute atomic E-state index is 11.8. The first kappa shape index (κ1) is 15.7. The molecule has 1 aromatic carbocycles. The Balaban J connectivity index is 2.13. The first-order valence-corrected chi connectivity index (χ1v) is 7.48. The van der Waals surface area contributed by atoms with Crippen LogP contribution in [0.5, 0.6) is 0 Å². The van der Waals surface area contributed by atoms with Gasteiger partial charge in [0.15, 0.2) is 0 Å². The van der Waals surface area contributed by atoms with Crippen LogP contribution >= 0.6 is 0 Å². The summed E-state index contributed by atoms with van der Waals surface area (Å²) in [5.41, 5.74) is 1.07. The van der Waals surface area contributed by atoms with Crippen molar-refractivity contribution >= 4 is 5.97 Å². The van der Waals surface area contributed by atoms with E-state index in [0.29, 0.717) is 13.0 Å². The molecule has 0 saturated carbocycles. The summed E-state index contributed by atoms with van der Waals surface area (Å²) in [6, 6.07) is 9.92. The molecule has 0 radical (unpaired) electrons. The van der Waals surface area contributed by atoms with Crippen LogP contribution in [0, 0.1) is 0 Å². The number of carbonyl (C=O) groups excluding carboxylic acids is 1. The highest BCUT2D eigenvalue weighted by molar-refractivity contribution is 5.70. The Labute approximate surface area is 126 Å².